The van der Waals surface area contributed by atoms with Crippen LogP contribution >= 0.6 is 15.9 Å². The molecule has 0 heterocycles. The first kappa shape index (κ1) is 8.74. The summed E-state index contributed by atoms with van der Waals surface area (Å²) in [6.07, 6.45) is 0. The molecule has 1 aromatic rings. The predicted molar refractivity (Wildman–Crippen MR) is 46.9 cm³/mol. The van der Waals surface area contributed by atoms with Gasteiger partial charge >= 0.3 is 0 Å². The highest BCUT2D eigenvalue weighted by Crippen LogP contribution is 2.14. The van der Waals surface area contributed by atoms with E-state index in [1.807, 2.05) is 0 Å². The van der Waals surface area contributed by atoms with Crippen LogP contribution in [0.25, 0.3) is 0 Å². The highest BCUT2D eigenvalue weighted by atomic mass is 79.9. The Labute approximate surface area is 74.3 Å². The van der Waals surface area contributed by atoms with Gasteiger partial charge in [0.2, 0.25) is 0 Å². The van der Waals surface area contributed by atoms with Crippen molar-refractivity contribution in [1.82, 2.24) is 0 Å². The second kappa shape index (κ2) is 3.36. The third-order valence-corrected chi connectivity index (χ3v) is 3.83. The van der Waals surface area contributed by atoms with Gasteiger partial charge in [0.1, 0.15) is 0 Å². The van der Waals surface area contributed by atoms with Crippen LogP contribution in [0.2, 0.25) is 0 Å². The topological polar surface area (TPSA) is 34.1 Å². The van der Waals surface area contributed by atoms with Crippen LogP contribution < -0.4 is 0 Å². The zero-order valence-electron chi connectivity index (χ0n) is 5.57. The van der Waals surface area contributed by atoms with Crippen LogP contribution in [0.15, 0.2) is 35.2 Å². The predicted octanol–water partition coefficient (Wildman–Crippen LogP) is 1.97. The van der Waals surface area contributed by atoms with Crippen molar-refractivity contribution in [3.05, 3.63) is 35.0 Å². The Morgan fingerprint density at radius 1 is 1.18 bits per heavy atom. The van der Waals surface area contributed by atoms with Crippen LogP contribution in [0.1, 0.15) is 0 Å². The van der Waals surface area contributed by atoms with Crippen molar-refractivity contribution in [3.8, 4) is 0 Å². The molecule has 11 heavy (non-hydrogen) atoms. The van der Waals surface area contributed by atoms with Crippen molar-refractivity contribution >= 4 is 25.8 Å². The Hall–Kier alpha value is -0.350. The van der Waals surface area contributed by atoms with Crippen molar-refractivity contribution in [2.24, 2.45) is 0 Å². The van der Waals surface area contributed by atoms with Crippen molar-refractivity contribution in [3.63, 3.8) is 0 Å². The lowest BCUT2D eigenvalue weighted by Crippen LogP contribution is -1.96. The van der Waals surface area contributed by atoms with Gasteiger partial charge in [-0.1, -0.05) is 18.2 Å². The number of halogens is 1. The monoisotopic (exact) mass is 233 g/mol. The van der Waals surface area contributed by atoms with Crippen LogP contribution in [0, 0.1) is 4.66 Å². The summed E-state index contributed by atoms with van der Waals surface area (Å²) in [6.45, 7) is 0. The Morgan fingerprint density at radius 2 is 1.73 bits per heavy atom. The van der Waals surface area contributed by atoms with Gasteiger partial charge in [0.05, 0.1) is 9.84 Å². The minimum absolute atomic E-state index is 0.303. The van der Waals surface area contributed by atoms with E-state index in [0.29, 0.717) is 4.90 Å². The quantitative estimate of drug-likeness (QED) is 0.733. The normalized spacial score (nSPS) is 11.4. The van der Waals surface area contributed by atoms with Crippen LogP contribution in [0.3, 0.4) is 0 Å². The standard InChI is InChI=1S/C7H6BrO2S/c8-6-11(9,10)7-4-2-1-3-5-7/h1-6H/q-1. The van der Waals surface area contributed by atoms with E-state index in [4.69, 9.17) is 0 Å². The van der Waals surface area contributed by atoms with Crippen LogP contribution in [0.4, 0.5) is 0 Å². The largest absolute Gasteiger partial charge is 0.303 e. The molecule has 0 unspecified atom stereocenters. The van der Waals surface area contributed by atoms with E-state index in [1.54, 1.807) is 30.3 Å². The summed E-state index contributed by atoms with van der Waals surface area (Å²) in [6, 6.07) is 8.24. The molecule has 2 nitrogen and oxygen atoms in total. The van der Waals surface area contributed by atoms with Crippen molar-refractivity contribution in [1.29, 1.82) is 0 Å². The molecule has 0 N–H and O–H groups in total. The molecule has 4 heteroatoms. The van der Waals surface area contributed by atoms with E-state index in [0.717, 1.165) is 4.66 Å². The second-order valence-electron chi connectivity index (χ2n) is 1.95. The highest BCUT2D eigenvalue weighted by molar-refractivity contribution is 9.12. The molecule has 0 aliphatic rings. The summed E-state index contributed by atoms with van der Waals surface area (Å²) in [5.74, 6) is 0. The Kier molecular flexibility index (Phi) is 2.67. The summed E-state index contributed by atoms with van der Waals surface area (Å²) in [5.41, 5.74) is 0. The number of benzene rings is 1. The van der Waals surface area contributed by atoms with Gasteiger partial charge in [-0.15, -0.1) is 4.66 Å². The van der Waals surface area contributed by atoms with E-state index < -0.39 is 9.84 Å². The minimum Gasteiger partial charge on any atom is -0.303 e. The molecule has 0 atom stereocenters. The number of sulfone groups is 1. The lowest BCUT2D eigenvalue weighted by atomic mass is 10.4. The van der Waals surface area contributed by atoms with Crippen LogP contribution in [-0.4, -0.2) is 8.42 Å². The number of hydrogen-bond acceptors (Lipinski definition) is 2. The molecule has 0 saturated carbocycles. The lowest BCUT2D eigenvalue weighted by Gasteiger charge is -2.06. The first-order valence-corrected chi connectivity index (χ1v) is 5.36. The molecule has 0 bridgehead atoms. The van der Waals surface area contributed by atoms with Gasteiger partial charge in [0.15, 0.2) is 0 Å². The van der Waals surface area contributed by atoms with Gasteiger partial charge in [-0.2, -0.15) is 0 Å². The molecular weight excluding hydrogens is 228 g/mol. The molecule has 0 aromatic heterocycles. The molecule has 0 saturated heterocycles. The van der Waals surface area contributed by atoms with Crippen LogP contribution in [-0.2, 0) is 9.84 Å². The maximum absolute atomic E-state index is 11.1. The van der Waals surface area contributed by atoms with E-state index >= 15 is 0 Å². The molecular formula is C7H6BrO2S-. The van der Waals surface area contributed by atoms with Crippen molar-refractivity contribution in [2.45, 2.75) is 4.90 Å². The van der Waals surface area contributed by atoms with E-state index in [9.17, 15) is 8.42 Å². The molecule has 0 amide bonds. The van der Waals surface area contributed by atoms with Gasteiger partial charge in [-0.05, 0) is 12.1 Å². The number of hydrogen-bond donors (Lipinski definition) is 0. The van der Waals surface area contributed by atoms with E-state index in [-0.39, 0.29) is 0 Å². The maximum Gasteiger partial charge on any atom is 0.0615 e. The first-order valence-electron chi connectivity index (χ1n) is 2.90. The second-order valence-corrected chi connectivity index (χ2v) is 4.81. The molecule has 1 rings (SSSR count). The molecule has 0 aliphatic carbocycles. The molecule has 1 aromatic carbocycles. The Balaban J connectivity index is 3.14. The van der Waals surface area contributed by atoms with Gasteiger partial charge < -0.3 is 15.9 Å². The highest BCUT2D eigenvalue weighted by Gasteiger charge is 2.00. The molecule has 0 fully saturated rings. The van der Waals surface area contributed by atoms with Gasteiger partial charge in [0.25, 0.3) is 0 Å². The van der Waals surface area contributed by atoms with E-state index in [1.165, 1.54) is 0 Å². The summed E-state index contributed by atoms with van der Waals surface area (Å²) in [7, 11) is -3.21. The van der Waals surface area contributed by atoms with Gasteiger partial charge in [-0.25, -0.2) is 0 Å². The average Bonchev–Trinajstić information content (AvgIpc) is 2.06. The van der Waals surface area contributed by atoms with Crippen molar-refractivity contribution < 1.29 is 8.42 Å². The Bertz CT molecular complexity index is 318. The fourth-order valence-corrected chi connectivity index (χ4v) is 1.95. The summed E-state index contributed by atoms with van der Waals surface area (Å²) < 4.78 is 23.2. The van der Waals surface area contributed by atoms with Crippen LogP contribution in [0.5, 0.6) is 0 Å². The third-order valence-electron chi connectivity index (χ3n) is 1.19. The third kappa shape index (κ3) is 2.04. The first-order chi connectivity index (χ1) is 5.17. The summed E-state index contributed by atoms with van der Waals surface area (Å²) in [5, 5.41) is 0. The SMILES string of the molecule is O=S(=O)([CH-]Br)c1ccccc1. The average molecular weight is 234 g/mol. The molecule has 60 valence electrons. The van der Waals surface area contributed by atoms with E-state index in [2.05, 4.69) is 15.9 Å². The fourth-order valence-electron chi connectivity index (χ4n) is 0.662. The van der Waals surface area contributed by atoms with Gasteiger partial charge in [0, 0.05) is 4.90 Å². The smallest absolute Gasteiger partial charge is 0.0615 e. The molecule has 0 spiro atoms. The zero-order valence-corrected chi connectivity index (χ0v) is 7.97. The van der Waals surface area contributed by atoms with Crippen molar-refractivity contribution in [2.75, 3.05) is 0 Å². The zero-order chi connectivity index (χ0) is 8.32. The summed E-state index contributed by atoms with van der Waals surface area (Å²) >= 11 is 2.79. The fraction of sp³-hybridized carbons (Fsp3) is 0. The maximum atomic E-state index is 11.1. The summed E-state index contributed by atoms with van der Waals surface area (Å²) in [4.78, 5) is 0.303. The Morgan fingerprint density at radius 3 is 2.18 bits per heavy atom. The minimum atomic E-state index is -3.21. The molecule has 0 aliphatic heterocycles. The lowest BCUT2D eigenvalue weighted by molar-refractivity contribution is 0.604. The molecule has 0 radical (unpaired) electrons. The number of rotatable bonds is 2. The van der Waals surface area contributed by atoms with Gasteiger partial charge in [-0.3, -0.25) is 8.42 Å².